The first-order valence-corrected chi connectivity index (χ1v) is 14.4. The Morgan fingerprint density at radius 2 is 1.22 bits per heavy atom. The average molecular weight is 643 g/mol. The smallest absolute Gasteiger partial charge is 0.373 e. The minimum absolute atomic E-state index is 0.0121. The van der Waals surface area contributed by atoms with Gasteiger partial charge < -0.3 is 14.2 Å². The third-order valence-electron chi connectivity index (χ3n) is 7.66. The van der Waals surface area contributed by atoms with Crippen LogP contribution in [0.5, 0.6) is 0 Å². The minimum Gasteiger partial charge on any atom is -0.469 e. The molecule has 3 aliphatic rings. The maximum Gasteiger partial charge on any atom is 0.373 e. The second-order valence-corrected chi connectivity index (χ2v) is 11.4. The molecule has 46 heavy (non-hydrogen) atoms. The van der Waals surface area contributed by atoms with Gasteiger partial charge >= 0.3 is 24.1 Å². The molecule has 2 fully saturated rings. The number of nitrogens with zero attached hydrogens (tertiary/aromatic N) is 2. The first kappa shape index (κ1) is 41.7. The van der Waals surface area contributed by atoms with E-state index in [9.17, 15) is 24.0 Å². The van der Waals surface area contributed by atoms with Crippen molar-refractivity contribution in [2.75, 3.05) is 61.6 Å². The number of fused-ring (bicyclic) bond motifs is 1. The van der Waals surface area contributed by atoms with E-state index in [2.05, 4.69) is 23.7 Å². The molecule has 0 aromatic carbocycles. The quantitative estimate of drug-likeness (QED) is 0.187. The number of hydrogen-bond acceptors (Lipinski definition) is 12. The molecule has 0 amide bonds. The molecule has 0 aromatic rings. The van der Waals surface area contributed by atoms with Crippen molar-refractivity contribution in [2.24, 2.45) is 10.8 Å². The van der Waals surface area contributed by atoms with Crippen molar-refractivity contribution < 1.29 is 47.8 Å². The molecule has 0 unspecified atom stereocenters. The highest BCUT2D eigenvalue weighted by atomic mass is 16.5. The Balaban J connectivity index is 0.000000741. The van der Waals surface area contributed by atoms with Crippen LogP contribution in [0.2, 0.25) is 0 Å². The van der Waals surface area contributed by atoms with E-state index in [0.717, 1.165) is 16.7 Å². The zero-order valence-electron chi connectivity index (χ0n) is 28.6. The van der Waals surface area contributed by atoms with Crippen LogP contribution >= 0.6 is 0 Å². The van der Waals surface area contributed by atoms with Crippen LogP contribution < -0.4 is 0 Å². The molecule has 12 nitrogen and oxygen atoms in total. The summed E-state index contributed by atoms with van der Waals surface area (Å²) in [5.41, 5.74) is 1.37. The molecule has 12 heteroatoms. The number of likely N-dealkylation sites (tertiary alicyclic amines) is 1. The van der Waals surface area contributed by atoms with E-state index in [4.69, 9.17) is 23.8 Å². The molecule has 0 aromatic heterocycles. The van der Waals surface area contributed by atoms with Gasteiger partial charge in [0.05, 0.1) is 46.4 Å². The second-order valence-electron chi connectivity index (χ2n) is 11.4. The Labute approximate surface area is 271 Å². The van der Waals surface area contributed by atoms with E-state index in [1.807, 2.05) is 37.7 Å². The van der Waals surface area contributed by atoms with Crippen molar-refractivity contribution in [2.45, 2.75) is 60.3 Å². The summed E-state index contributed by atoms with van der Waals surface area (Å²) in [4.78, 5) is 78.8. The van der Waals surface area contributed by atoms with Gasteiger partial charge in [0.15, 0.2) is 17.0 Å². The molecular weight excluding hydrogens is 596 g/mol. The summed E-state index contributed by atoms with van der Waals surface area (Å²) < 4.78 is 14.5. The number of rotatable bonds is 5. The van der Waals surface area contributed by atoms with Gasteiger partial charge in [-0.05, 0) is 71.9 Å². The Kier molecular flexibility index (Phi) is 18.0. The number of esters is 3. The van der Waals surface area contributed by atoms with Gasteiger partial charge in [0.1, 0.15) is 0 Å². The number of hydrogen-bond donors (Lipinski definition) is 0. The molecule has 0 radical (unpaired) electrons. The molecule has 2 aliphatic heterocycles. The van der Waals surface area contributed by atoms with Crippen molar-refractivity contribution in [1.29, 1.82) is 0 Å². The maximum atomic E-state index is 12.4. The van der Waals surface area contributed by atoms with E-state index >= 15 is 0 Å². The molecule has 0 N–H and O–H groups in total. The van der Waals surface area contributed by atoms with Crippen molar-refractivity contribution >= 4 is 35.6 Å². The van der Waals surface area contributed by atoms with Gasteiger partial charge in [-0.1, -0.05) is 5.57 Å². The lowest BCUT2D eigenvalue weighted by molar-refractivity contribution is -0.192. The van der Waals surface area contributed by atoms with Crippen molar-refractivity contribution in [1.82, 2.24) is 9.80 Å². The number of carbonyl (C=O) groups is 5. The third kappa shape index (κ3) is 11.5. The van der Waals surface area contributed by atoms with E-state index in [-0.39, 0.29) is 30.7 Å². The standard InChI is InChI=1S/C17H23NO5.C12H16O2.C4H7NO.CO2/c1-10-8-18(3)9-14(19)11(2)13-7-17(6-12(10)13,15(20)22-4)16(21)23-5;1-5-7-9-12(3,10-8-6-2)11(13)14-4;1-5-2-4(6)3-5;2-1-3/h6-9H2,1-5H3;9-10H2,1-4H3;2-3H2,1H3;. The number of carbonyl (C=O) groups excluding carboxylic acids is 7. The molecule has 2 heterocycles. The molecule has 3 rings (SSSR count). The highest BCUT2D eigenvalue weighted by Gasteiger charge is 2.55. The summed E-state index contributed by atoms with van der Waals surface area (Å²) in [5, 5.41) is 0. The summed E-state index contributed by atoms with van der Waals surface area (Å²) in [6.07, 6.45) is 1.60. The summed E-state index contributed by atoms with van der Waals surface area (Å²) in [6, 6.07) is 0. The number of Topliss-reactive ketones (excluding diaryl/α,β-unsaturated/α-hetero) is 2. The minimum atomic E-state index is -1.39. The van der Waals surface area contributed by atoms with Crippen LogP contribution in [0.3, 0.4) is 0 Å². The average Bonchev–Trinajstić information content (AvgIpc) is 3.43. The van der Waals surface area contributed by atoms with Crippen LogP contribution in [0.15, 0.2) is 22.3 Å². The largest absolute Gasteiger partial charge is 0.469 e. The molecule has 0 atom stereocenters. The number of allylic oxidation sites excluding steroid dienone is 2. The summed E-state index contributed by atoms with van der Waals surface area (Å²) in [6.45, 7) is 11.3. The van der Waals surface area contributed by atoms with Crippen LogP contribution in [0.25, 0.3) is 0 Å². The highest BCUT2D eigenvalue weighted by Crippen LogP contribution is 2.49. The van der Waals surface area contributed by atoms with Gasteiger partial charge in [-0.15, -0.1) is 23.7 Å². The second kappa shape index (κ2) is 19.9. The lowest BCUT2D eigenvalue weighted by atomic mass is 9.84. The van der Waals surface area contributed by atoms with Crippen molar-refractivity contribution in [3.8, 4) is 23.7 Å². The first-order chi connectivity index (χ1) is 21.6. The van der Waals surface area contributed by atoms with Gasteiger partial charge in [-0.3, -0.25) is 33.8 Å². The topological polar surface area (TPSA) is 154 Å². The monoisotopic (exact) mass is 642 g/mol. The predicted octanol–water partition coefficient (Wildman–Crippen LogP) is 2.17. The Morgan fingerprint density at radius 1 is 0.783 bits per heavy atom. The van der Waals surface area contributed by atoms with Crippen LogP contribution in [-0.2, 0) is 47.8 Å². The number of methoxy groups -OCH3 is 3. The SMILES string of the molecule is CC#CCC(C)(CC#CC)C(=O)OC.CN1CC(=O)C1.COC(=O)C1(C(=O)OC)CC2=C(C)CN(C)CC(=O)C(C)=C2C1.O=C=O. The molecular formula is C34H46N2O10. The normalized spacial score (nSPS) is 16.9. The number of ketones is 2. The zero-order valence-corrected chi connectivity index (χ0v) is 28.6. The molecule has 1 aliphatic carbocycles. The van der Waals surface area contributed by atoms with Gasteiger partial charge in [0.2, 0.25) is 0 Å². The Morgan fingerprint density at radius 3 is 1.57 bits per heavy atom. The lowest BCUT2D eigenvalue weighted by Gasteiger charge is -2.23. The van der Waals surface area contributed by atoms with Crippen LogP contribution in [0.1, 0.15) is 60.3 Å². The number of likely N-dealkylation sites (N-methyl/N-ethyl adjacent to an activating group) is 2. The lowest BCUT2D eigenvalue weighted by Crippen LogP contribution is -2.43. The molecule has 252 valence electrons. The zero-order chi connectivity index (χ0) is 35.7. The van der Waals surface area contributed by atoms with Crippen LogP contribution in [-0.4, -0.2) is 107 Å². The summed E-state index contributed by atoms with van der Waals surface area (Å²) in [7, 11) is 7.72. The van der Waals surface area contributed by atoms with Gasteiger partial charge in [-0.2, -0.15) is 9.59 Å². The van der Waals surface area contributed by atoms with Crippen molar-refractivity contribution in [3.63, 3.8) is 0 Å². The van der Waals surface area contributed by atoms with E-state index in [0.29, 0.717) is 50.4 Å². The van der Waals surface area contributed by atoms with Gasteiger partial charge in [0, 0.05) is 25.8 Å². The summed E-state index contributed by atoms with van der Waals surface area (Å²) in [5.74, 6) is 10.2. The highest BCUT2D eigenvalue weighted by molar-refractivity contribution is 6.04. The predicted molar refractivity (Wildman–Crippen MR) is 167 cm³/mol. The number of ether oxygens (including phenoxy) is 3. The van der Waals surface area contributed by atoms with E-state index in [1.165, 1.54) is 21.3 Å². The third-order valence-corrected chi connectivity index (χ3v) is 7.66. The van der Waals surface area contributed by atoms with Crippen molar-refractivity contribution in [3.05, 3.63) is 22.3 Å². The fourth-order valence-electron chi connectivity index (χ4n) is 5.07. The maximum absolute atomic E-state index is 12.4. The summed E-state index contributed by atoms with van der Waals surface area (Å²) >= 11 is 0. The molecule has 0 spiro atoms. The van der Waals surface area contributed by atoms with Crippen LogP contribution in [0.4, 0.5) is 0 Å². The fourth-order valence-corrected chi connectivity index (χ4v) is 5.07. The van der Waals surface area contributed by atoms with Gasteiger partial charge in [0.25, 0.3) is 0 Å². The molecule has 1 saturated carbocycles. The Hall–Kier alpha value is -4.35. The Bertz CT molecular complexity index is 1330. The van der Waals surface area contributed by atoms with Crippen LogP contribution in [0, 0.1) is 34.5 Å². The molecule has 0 bridgehead atoms. The first-order valence-electron chi connectivity index (χ1n) is 14.4. The van der Waals surface area contributed by atoms with E-state index < -0.39 is 22.8 Å². The van der Waals surface area contributed by atoms with Gasteiger partial charge in [-0.25, -0.2) is 0 Å². The molecule has 1 saturated heterocycles. The van der Waals surface area contributed by atoms with E-state index in [1.54, 1.807) is 20.8 Å². The fraction of sp³-hybridized carbons (Fsp3) is 0.588.